The number of amides is 1. The quantitative estimate of drug-likeness (QED) is 0.552. The summed E-state index contributed by atoms with van der Waals surface area (Å²) >= 11 is 0. The zero-order valence-corrected chi connectivity index (χ0v) is 17.4. The maximum atomic E-state index is 13.8. The fraction of sp³-hybridized carbons (Fsp3) is 0.200. The number of carboxylic acids is 1. The van der Waals surface area contributed by atoms with Crippen LogP contribution in [-0.2, 0) is 9.53 Å². The molecule has 4 rings (SSSR count). The van der Waals surface area contributed by atoms with Crippen LogP contribution in [-0.4, -0.2) is 30.9 Å². The van der Waals surface area contributed by atoms with Crippen molar-refractivity contribution < 1.29 is 28.6 Å². The molecule has 32 heavy (non-hydrogen) atoms. The minimum Gasteiger partial charge on any atom is -0.496 e. The summed E-state index contributed by atoms with van der Waals surface area (Å²) in [6.45, 7) is 0.0833. The van der Waals surface area contributed by atoms with E-state index in [1.807, 2.05) is 48.5 Å². The van der Waals surface area contributed by atoms with Crippen molar-refractivity contribution in [2.24, 2.45) is 0 Å². The fourth-order valence-electron chi connectivity index (χ4n) is 4.17. The lowest BCUT2D eigenvalue weighted by Crippen LogP contribution is -2.32. The van der Waals surface area contributed by atoms with Crippen LogP contribution in [0.4, 0.5) is 9.18 Å². The summed E-state index contributed by atoms with van der Waals surface area (Å²) < 4.78 is 24.5. The predicted molar refractivity (Wildman–Crippen MR) is 116 cm³/mol. The molecule has 1 aliphatic rings. The first kappa shape index (κ1) is 21.4. The van der Waals surface area contributed by atoms with Gasteiger partial charge in [0.1, 0.15) is 18.2 Å². The summed E-state index contributed by atoms with van der Waals surface area (Å²) in [7, 11) is 1.39. The Labute approximate surface area is 184 Å². The summed E-state index contributed by atoms with van der Waals surface area (Å²) in [6, 6.07) is 18.6. The smallest absolute Gasteiger partial charge is 0.407 e. The average molecular weight is 435 g/mol. The molecule has 0 aromatic heterocycles. The van der Waals surface area contributed by atoms with E-state index in [2.05, 4.69) is 5.32 Å². The van der Waals surface area contributed by atoms with Crippen LogP contribution in [0.15, 0.2) is 66.7 Å². The molecule has 3 aromatic carbocycles. The number of aliphatic carboxylic acids is 1. The first-order chi connectivity index (χ1) is 15.5. The van der Waals surface area contributed by atoms with Crippen molar-refractivity contribution in [1.82, 2.24) is 5.32 Å². The third kappa shape index (κ3) is 4.27. The molecule has 7 heteroatoms. The number of halogens is 1. The number of benzene rings is 3. The van der Waals surface area contributed by atoms with E-state index in [1.54, 1.807) is 0 Å². The van der Waals surface area contributed by atoms with Crippen molar-refractivity contribution in [1.29, 1.82) is 0 Å². The standard InChI is InChI=1S/C25H22FNO5/c1-31-23-11-10-15(26)12-20(23)22(13-24(28)29)27-25(30)32-14-21-18-8-4-2-6-16(18)17-7-3-5-9-19(17)21/h2-12,21-22H,13-14H2,1H3,(H,27,30)(H,28,29)/t22-/m0/s1. The van der Waals surface area contributed by atoms with E-state index < -0.39 is 30.3 Å². The van der Waals surface area contributed by atoms with Crippen molar-refractivity contribution in [3.05, 3.63) is 89.2 Å². The summed E-state index contributed by atoms with van der Waals surface area (Å²) in [4.78, 5) is 24.0. The minimum absolute atomic E-state index is 0.0833. The lowest BCUT2D eigenvalue weighted by Gasteiger charge is -2.21. The predicted octanol–water partition coefficient (Wildman–Crippen LogP) is 4.89. The molecule has 0 fully saturated rings. The highest BCUT2D eigenvalue weighted by Gasteiger charge is 2.30. The number of ether oxygens (including phenoxy) is 2. The normalized spacial score (nSPS) is 13.1. The fourth-order valence-corrected chi connectivity index (χ4v) is 4.17. The Morgan fingerprint density at radius 3 is 2.25 bits per heavy atom. The zero-order valence-electron chi connectivity index (χ0n) is 17.4. The second-order valence-corrected chi connectivity index (χ2v) is 7.51. The van der Waals surface area contributed by atoms with Gasteiger partial charge in [0.2, 0.25) is 0 Å². The zero-order chi connectivity index (χ0) is 22.7. The summed E-state index contributed by atoms with van der Waals surface area (Å²) in [5, 5.41) is 11.8. The Morgan fingerprint density at radius 1 is 1.03 bits per heavy atom. The number of hydrogen-bond acceptors (Lipinski definition) is 4. The first-order valence-electron chi connectivity index (χ1n) is 10.1. The van der Waals surface area contributed by atoms with Gasteiger partial charge < -0.3 is 19.9 Å². The van der Waals surface area contributed by atoms with Crippen LogP contribution in [0, 0.1) is 5.82 Å². The van der Waals surface area contributed by atoms with Gasteiger partial charge in [-0.3, -0.25) is 4.79 Å². The number of fused-ring (bicyclic) bond motifs is 3. The van der Waals surface area contributed by atoms with Gasteiger partial charge in [-0.15, -0.1) is 0 Å². The van der Waals surface area contributed by atoms with E-state index >= 15 is 0 Å². The Bertz CT molecular complexity index is 1120. The highest BCUT2D eigenvalue weighted by atomic mass is 19.1. The van der Waals surface area contributed by atoms with Crippen molar-refractivity contribution in [2.45, 2.75) is 18.4 Å². The van der Waals surface area contributed by atoms with E-state index in [0.717, 1.165) is 28.3 Å². The van der Waals surface area contributed by atoms with Crippen LogP contribution in [0.1, 0.15) is 35.1 Å². The van der Waals surface area contributed by atoms with Crippen LogP contribution < -0.4 is 10.1 Å². The number of carboxylic acid groups (broad SMARTS) is 1. The summed E-state index contributed by atoms with van der Waals surface area (Å²) in [5.41, 5.74) is 4.56. The second-order valence-electron chi connectivity index (χ2n) is 7.51. The molecule has 0 unspecified atom stereocenters. The molecule has 6 nitrogen and oxygen atoms in total. The molecule has 0 spiro atoms. The van der Waals surface area contributed by atoms with Crippen molar-refractivity contribution >= 4 is 12.1 Å². The van der Waals surface area contributed by atoms with Gasteiger partial charge in [-0.25, -0.2) is 9.18 Å². The number of carbonyl (C=O) groups is 2. The van der Waals surface area contributed by atoms with Crippen LogP contribution >= 0.6 is 0 Å². The minimum atomic E-state index is -1.15. The molecular formula is C25H22FNO5. The van der Waals surface area contributed by atoms with Crippen LogP contribution in [0.2, 0.25) is 0 Å². The SMILES string of the molecule is COc1ccc(F)cc1[C@H](CC(=O)O)NC(=O)OCC1c2ccccc2-c2ccccc21. The number of hydrogen-bond donors (Lipinski definition) is 2. The molecule has 0 bridgehead atoms. The number of rotatable bonds is 7. The topological polar surface area (TPSA) is 84.9 Å². The van der Waals surface area contributed by atoms with Crippen molar-refractivity contribution in [3.8, 4) is 16.9 Å². The van der Waals surface area contributed by atoms with Crippen LogP contribution in [0.5, 0.6) is 5.75 Å². The first-order valence-corrected chi connectivity index (χ1v) is 10.1. The third-order valence-electron chi connectivity index (χ3n) is 5.58. The van der Waals surface area contributed by atoms with Crippen molar-refractivity contribution in [2.75, 3.05) is 13.7 Å². The maximum absolute atomic E-state index is 13.8. The van der Waals surface area contributed by atoms with Gasteiger partial charge in [-0.1, -0.05) is 48.5 Å². The number of carbonyl (C=O) groups excluding carboxylic acids is 1. The summed E-state index contributed by atoms with van der Waals surface area (Å²) in [6.07, 6.45) is -1.24. The molecule has 1 aliphatic carbocycles. The molecule has 0 heterocycles. The van der Waals surface area contributed by atoms with Gasteiger partial charge in [0, 0.05) is 11.5 Å². The van der Waals surface area contributed by atoms with Gasteiger partial charge >= 0.3 is 12.1 Å². The van der Waals surface area contributed by atoms with E-state index in [0.29, 0.717) is 0 Å². The lowest BCUT2D eigenvalue weighted by atomic mass is 9.98. The van der Waals surface area contributed by atoms with Gasteiger partial charge in [0.25, 0.3) is 0 Å². The van der Waals surface area contributed by atoms with E-state index in [1.165, 1.54) is 19.2 Å². The Hall–Kier alpha value is -3.87. The number of methoxy groups -OCH3 is 1. The van der Waals surface area contributed by atoms with Crippen molar-refractivity contribution in [3.63, 3.8) is 0 Å². The molecule has 1 atom stereocenters. The van der Waals surface area contributed by atoms with E-state index in [9.17, 15) is 19.1 Å². The number of alkyl carbamates (subject to hydrolysis) is 1. The third-order valence-corrected chi connectivity index (χ3v) is 5.58. The highest BCUT2D eigenvalue weighted by Crippen LogP contribution is 2.44. The molecule has 0 saturated heterocycles. The van der Waals surface area contributed by atoms with E-state index in [-0.39, 0.29) is 23.8 Å². The Balaban J connectivity index is 1.51. The molecule has 0 saturated carbocycles. The molecule has 2 N–H and O–H groups in total. The van der Waals surface area contributed by atoms with E-state index in [4.69, 9.17) is 9.47 Å². The molecule has 3 aromatic rings. The van der Waals surface area contributed by atoms with Gasteiger partial charge in [0.05, 0.1) is 19.6 Å². The molecule has 0 radical (unpaired) electrons. The summed E-state index contributed by atoms with van der Waals surface area (Å²) in [5.74, 6) is -1.57. The van der Waals surface area contributed by atoms with Crippen LogP contribution in [0.25, 0.3) is 11.1 Å². The maximum Gasteiger partial charge on any atom is 0.407 e. The Morgan fingerprint density at radius 2 is 1.66 bits per heavy atom. The van der Waals surface area contributed by atoms with Crippen LogP contribution in [0.3, 0.4) is 0 Å². The van der Waals surface area contributed by atoms with Gasteiger partial charge in [-0.2, -0.15) is 0 Å². The molecule has 1 amide bonds. The van der Waals surface area contributed by atoms with Gasteiger partial charge in [-0.05, 0) is 40.5 Å². The molecule has 164 valence electrons. The lowest BCUT2D eigenvalue weighted by molar-refractivity contribution is -0.137. The van der Waals surface area contributed by atoms with Gasteiger partial charge in [0.15, 0.2) is 0 Å². The average Bonchev–Trinajstić information content (AvgIpc) is 3.11. The Kier molecular flexibility index (Phi) is 6.07. The molecular weight excluding hydrogens is 413 g/mol. The molecule has 0 aliphatic heterocycles. The highest BCUT2D eigenvalue weighted by molar-refractivity contribution is 5.79. The second kappa shape index (κ2) is 9.09. The largest absolute Gasteiger partial charge is 0.496 e. The monoisotopic (exact) mass is 435 g/mol. The number of nitrogens with one attached hydrogen (secondary N) is 1.